The molecule has 0 aliphatic carbocycles. The molecule has 2 nitrogen and oxygen atoms in total. The average molecular weight is 338 g/mol. The van der Waals surface area contributed by atoms with Gasteiger partial charge in [-0.05, 0) is 34.8 Å². The topological polar surface area (TPSA) is 16.1 Å². The number of nitrogens with zero attached hydrogens (tertiary/aromatic N) is 2. The van der Waals surface area contributed by atoms with E-state index in [2.05, 4.69) is 25.8 Å². The molecule has 1 aromatic rings. The van der Waals surface area contributed by atoms with Crippen LogP contribution in [0.5, 0.6) is 0 Å². The van der Waals surface area contributed by atoms with E-state index in [0.29, 0.717) is 16.9 Å². The number of hydrogen-bond acceptors (Lipinski definition) is 2. The molecule has 0 bridgehead atoms. The van der Waals surface area contributed by atoms with Crippen molar-refractivity contribution in [1.29, 1.82) is 0 Å². The normalized spacial score (nSPS) is 21.4. The van der Waals surface area contributed by atoms with E-state index in [9.17, 15) is 0 Å². The number of rotatable bonds is 2. The molecule has 1 saturated heterocycles. The highest BCUT2D eigenvalue weighted by molar-refractivity contribution is 9.10. The fourth-order valence-electron chi connectivity index (χ4n) is 2.24. The van der Waals surface area contributed by atoms with Crippen LogP contribution in [0.4, 0.5) is 5.82 Å². The van der Waals surface area contributed by atoms with Crippen LogP contribution in [-0.4, -0.2) is 23.5 Å². The molecule has 0 aromatic carbocycles. The van der Waals surface area contributed by atoms with Gasteiger partial charge in [0, 0.05) is 24.7 Å². The van der Waals surface area contributed by atoms with Gasteiger partial charge in [0.2, 0.25) is 0 Å². The Balaban J connectivity index is 2.28. The van der Waals surface area contributed by atoms with Gasteiger partial charge in [-0.15, -0.1) is 11.6 Å². The number of aromatic nitrogens is 1. The maximum absolute atomic E-state index is 6.07. The number of pyridine rings is 1. The first-order valence-electron chi connectivity index (χ1n) is 5.86. The Hall–Kier alpha value is 0.01000. The number of hydrogen-bond donors (Lipinski definition) is 0. The fourth-order valence-corrected chi connectivity index (χ4v) is 3.42. The Morgan fingerprint density at radius 3 is 2.94 bits per heavy atom. The molecular formula is C12H15BrCl2N2. The molecule has 94 valence electrons. The van der Waals surface area contributed by atoms with Crippen molar-refractivity contribution >= 4 is 44.9 Å². The maximum Gasteiger partial charge on any atom is 0.143 e. The van der Waals surface area contributed by atoms with Gasteiger partial charge in [-0.25, -0.2) is 4.98 Å². The quantitative estimate of drug-likeness (QED) is 0.739. The van der Waals surface area contributed by atoms with Crippen molar-refractivity contribution in [2.24, 2.45) is 0 Å². The Bertz CT molecular complexity index is 387. The van der Waals surface area contributed by atoms with E-state index in [1.54, 1.807) is 6.20 Å². The summed E-state index contributed by atoms with van der Waals surface area (Å²) in [4.78, 5) is 6.74. The highest BCUT2D eigenvalue weighted by atomic mass is 79.9. The molecular weight excluding hydrogens is 323 g/mol. The molecule has 1 fully saturated rings. The van der Waals surface area contributed by atoms with Crippen molar-refractivity contribution in [2.75, 3.05) is 17.3 Å². The van der Waals surface area contributed by atoms with Gasteiger partial charge in [-0.3, -0.25) is 0 Å². The molecule has 2 rings (SSSR count). The van der Waals surface area contributed by atoms with Crippen LogP contribution in [-0.2, 0) is 0 Å². The molecule has 0 N–H and O–H groups in total. The summed E-state index contributed by atoms with van der Waals surface area (Å²) in [5, 5.41) is 0.651. The minimum absolute atomic E-state index is 0.379. The van der Waals surface area contributed by atoms with E-state index in [1.165, 1.54) is 19.3 Å². The Labute approximate surface area is 120 Å². The molecule has 1 aliphatic rings. The second-order valence-electron chi connectivity index (χ2n) is 4.31. The highest BCUT2D eigenvalue weighted by Gasteiger charge is 2.23. The summed E-state index contributed by atoms with van der Waals surface area (Å²) in [7, 11) is 0. The predicted molar refractivity (Wildman–Crippen MR) is 77.3 cm³/mol. The summed E-state index contributed by atoms with van der Waals surface area (Å²) < 4.78 is 0.946. The lowest BCUT2D eigenvalue weighted by Gasteiger charge is -2.30. The lowest BCUT2D eigenvalue weighted by molar-refractivity contribution is 0.615. The molecule has 1 unspecified atom stereocenters. The van der Waals surface area contributed by atoms with E-state index in [-0.39, 0.29) is 0 Å². The van der Waals surface area contributed by atoms with Crippen LogP contribution in [0.3, 0.4) is 0 Å². The summed E-state index contributed by atoms with van der Waals surface area (Å²) >= 11 is 15.5. The van der Waals surface area contributed by atoms with Crippen molar-refractivity contribution < 1.29 is 0 Å². The SMILES string of the molecule is ClCC1CCCCCN1c1ncc(Cl)cc1Br. The molecule has 1 aromatic heterocycles. The van der Waals surface area contributed by atoms with Crippen LogP contribution >= 0.6 is 39.1 Å². The Morgan fingerprint density at radius 1 is 1.41 bits per heavy atom. The third-order valence-electron chi connectivity index (χ3n) is 3.12. The van der Waals surface area contributed by atoms with Crippen LogP contribution in [0, 0.1) is 0 Å². The minimum Gasteiger partial charge on any atom is -0.352 e. The lowest BCUT2D eigenvalue weighted by Crippen LogP contribution is -2.37. The van der Waals surface area contributed by atoms with Crippen molar-refractivity contribution in [2.45, 2.75) is 31.7 Å². The van der Waals surface area contributed by atoms with Gasteiger partial charge in [0.05, 0.1) is 9.50 Å². The van der Waals surface area contributed by atoms with Crippen LogP contribution < -0.4 is 4.90 Å². The first kappa shape index (κ1) is 13.4. The van der Waals surface area contributed by atoms with Crippen molar-refractivity contribution in [3.8, 4) is 0 Å². The highest BCUT2D eigenvalue weighted by Crippen LogP contribution is 2.31. The van der Waals surface area contributed by atoms with E-state index in [0.717, 1.165) is 23.3 Å². The number of alkyl halides is 1. The van der Waals surface area contributed by atoms with Crippen molar-refractivity contribution in [1.82, 2.24) is 4.98 Å². The van der Waals surface area contributed by atoms with E-state index >= 15 is 0 Å². The molecule has 1 atom stereocenters. The van der Waals surface area contributed by atoms with Gasteiger partial charge in [0.1, 0.15) is 5.82 Å². The summed E-state index contributed by atoms with van der Waals surface area (Å²) in [6.07, 6.45) is 6.55. The molecule has 5 heteroatoms. The summed E-state index contributed by atoms with van der Waals surface area (Å²) in [5.41, 5.74) is 0. The molecule has 1 aliphatic heterocycles. The summed E-state index contributed by atoms with van der Waals surface area (Å²) in [6, 6.07) is 2.27. The average Bonchev–Trinajstić information content (AvgIpc) is 2.54. The molecule has 0 spiro atoms. The second-order valence-corrected chi connectivity index (χ2v) is 5.91. The van der Waals surface area contributed by atoms with E-state index < -0.39 is 0 Å². The zero-order valence-electron chi connectivity index (χ0n) is 9.50. The zero-order chi connectivity index (χ0) is 12.3. The third-order valence-corrected chi connectivity index (χ3v) is 4.26. The molecule has 0 amide bonds. The second kappa shape index (κ2) is 6.26. The maximum atomic E-state index is 6.07. The Morgan fingerprint density at radius 2 is 2.24 bits per heavy atom. The van der Waals surface area contributed by atoms with Crippen LogP contribution in [0.1, 0.15) is 25.7 Å². The van der Waals surface area contributed by atoms with Gasteiger partial charge in [-0.2, -0.15) is 0 Å². The monoisotopic (exact) mass is 336 g/mol. The zero-order valence-corrected chi connectivity index (χ0v) is 12.6. The lowest BCUT2D eigenvalue weighted by atomic mass is 10.1. The van der Waals surface area contributed by atoms with Gasteiger partial charge >= 0.3 is 0 Å². The van der Waals surface area contributed by atoms with Crippen molar-refractivity contribution in [3.63, 3.8) is 0 Å². The van der Waals surface area contributed by atoms with Gasteiger partial charge < -0.3 is 4.90 Å². The number of halogens is 3. The smallest absolute Gasteiger partial charge is 0.143 e. The fraction of sp³-hybridized carbons (Fsp3) is 0.583. The molecule has 0 radical (unpaired) electrons. The first-order valence-corrected chi connectivity index (χ1v) is 7.56. The van der Waals surface area contributed by atoms with Crippen molar-refractivity contribution in [3.05, 3.63) is 21.8 Å². The Kier molecular flexibility index (Phi) is 4.95. The van der Waals surface area contributed by atoms with Crippen LogP contribution in [0.15, 0.2) is 16.7 Å². The molecule has 0 saturated carbocycles. The molecule has 2 heterocycles. The standard InChI is InChI=1S/C12H15BrCl2N2/c13-11-6-9(15)8-16-12(11)17-5-3-1-2-4-10(17)7-14/h6,8,10H,1-5,7H2. The van der Waals surface area contributed by atoms with Gasteiger partial charge in [0.25, 0.3) is 0 Å². The largest absolute Gasteiger partial charge is 0.352 e. The first-order chi connectivity index (χ1) is 8.22. The third kappa shape index (κ3) is 3.27. The van der Waals surface area contributed by atoms with Gasteiger partial charge in [0.15, 0.2) is 0 Å². The number of anilines is 1. The minimum atomic E-state index is 0.379. The van der Waals surface area contributed by atoms with Gasteiger partial charge in [-0.1, -0.05) is 24.4 Å². The van der Waals surface area contributed by atoms with Crippen LogP contribution in [0.2, 0.25) is 5.02 Å². The summed E-state index contributed by atoms with van der Waals surface area (Å²) in [6.45, 7) is 1.02. The van der Waals surface area contributed by atoms with E-state index in [1.807, 2.05) is 6.07 Å². The summed E-state index contributed by atoms with van der Waals surface area (Å²) in [5.74, 6) is 1.61. The van der Waals surface area contributed by atoms with Crippen LogP contribution in [0.25, 0.3) is 0 Å². The van der Waals surface area contributed by atoms with E-state index in [4.69, 9.17) is 23.2 Å². The predicted octanol–water partition coefficient (Wildman–Crippen LogP) is 4.49. The molecule has 17 heavy (non-hydrogen) atoms.